The molecule has 2 aromatic carbocycles. The molecular weight excluding hydrogens is 340 g/mol. The molecule has 3 rings (SSSR count). The Morgan fingerprint density at radius 1 is 1.12 bits per heavy atom. The van der Waals surface area contributed by atoms with Crippen LogP contribution in [0.15, 0.2) is 59.4 Å². The van der Waals surface area contributed by atoms with Crippen LogP contribution in [0, 0.1) is 0 Å². The molecule has 0 saturated carbocycles. The normalized spacial score (nSPS) is 10.6. The zero-order chi connectivity index (χ0) is 17.8. The second-order valence-corrected chi connectivity index (χ2v) is 5.89. The van der Waals surface area contributed by atoms with E-state index in [2.05, 4.69) is 10.4 Å². The van der Waals surface area contributed by atoms with E-state index in [-0.39, 0.29) is 12.5 Å². The third-order valence-electron chi connectivity index (χ3n) is 3.81. The number of carbonyl (C=O) groups is 1. The summed E-state index contributed by atoms with van der Waals surface area (Å²) >= 11 is 6.20. The standard InChI is InChI=1S/C18H17ClN4O2/c1-20-17(24)12-22-16(11-13-7-3-2-4-8-13)21-23(18(22)25)15-10-6-5-9-14(15)19/h2-10H,11-12H2,1H3,(H,20,24). The molecule has 0 aliphatic rings. The molecule has 7 heteroatoms. The summed E-state index contributed by atoms with van der Waals surface area (Å²) in [6.45, 7) is -0.0953. The van der Waals surface area contributed by atoms with Crippen molar-refractivity contribution in [1.82, 2.24) is 19.7 Å². The van der Waals surface area contributed by atoms with E-state index >= 15 is 0 Å². The summed E-state index contributed by atoms with van der Waals surface area (Å²) in [6, 6.07) is 16.6. The van der Waals surface area contributed by atoms with Crippen LogP contribution in [0.3, 0.4) is 0 Å². The van der Waals surface area contributed by atoms with Crippen molar-refractivity contribution in [3.63, 3.8) is 0 Å². The number of para-hydroxylation sites is 1. The molecule has 0 spiro atoms. The summed E-state index contributed by atoms with van der Waals surface area (Å²) in [5.74, 6) is 0.231. The predicted molar refractivity (Wildman–Crippen MR) is 96.1 cm³/mol. The van der Waals surface area contributed by atoms with Gasteiger partial charge in [-0.2, -0.15) is 4.68 Å². The lowest BCUT2D eigenvalue weighted by Crippen LogP contribution is -2.32. The number of hydrogen-bond donors (Lipinski definition) is 1. The molecule has 128 valence electrons. The highest BCUT2D eigenvalue weighted by molar-refractivity contribution is 6.32. The summed E-state index contributed by atoms with van der Waals surface area (Å²) in [4.78, 5) is 24.6. The number of likely N-dealkylation sites (N-methyl/N-ethyl adjacent to an activating group) is 1. The molecule has 1 aromatic heterocycles. The number of hydrogen-bond acceptors (Lipinski definition) is 3. The van der Waals surface area contributed by atoms with Crippen LogP contribution in [0.25, 0.3) is 5.69 Å². The second kappa shape index (κ2) is 7.36. The number of benzene rings is 2. The van der Waals surface area contributed by atoms with Crippen molar-refractivity contribution in [1.29, 1.82) is 0 Å². The fourth-order valence-corrected chi connectivity index (χ4v) is 2.72. The van der Waals surface area contributed by atoms with Gasteiger partial charge in [0.05, 0.1) is 10.7 Å². The lowest BCUT2D eigenvalue weighted by atomic mass is 10.1. The summed E-state index contributed by atoms with van der Waals surface area (Å²) in [7, 11) is 1.53. The molecule has 1 amide bonds. The fraction of sp³-hybridized carbons (Fsp3) is 0.167. The molecule has 0 unspecified atom stereocenters. The Morgan fingerprint density at radius 2 is 1.80 bits per heavy atom. The molecule has 1 heterocycles. The quantitative estimate of drug-likeness (QED) is 0.760. The van der Waals surface area contributed by atoms with Gasteiger partial charge in [-0.15, -0.1) is 5.10 Å². The van der Waals surface area contributed by atoms with E-state index in [1.54, 1.807) is 24.3 Å². The highest BCUT2D eigenvalue weighted by Gasteiger charge is 2.18. The van der Waals surface area contributed by atoms with Gasteiger partial charge in [-0.3, -0.25) is 9.36 Å². The first-order chi connectivity index (χ1) is 12.1. The number of aromatic nitrogens is 3. The largest absolute Gasteiger partial charge is 0.358 e. The van der Waals surface area contributed by atoms with Crippen molar-refractivity contribution in [3.05, 3.63) is 81.5 Å². The minimum atomic E-state index is -0.400. The van der Waals surface area contributed by atoms with Gasteiger partial charge in [0.2, 0.25) is 5.91 Å². The zero-order valence-corrected chi connectivity index (χ0v) is 14.4. The first-order valence-electron chi connectivity index (χ1n) is 7.78. The Balaban J connectivity index is 2.09. The van der Waals surface area contributed by atoms with Gasteiger partial charge in [0, 0.05) is 13.5 Å². The fourth-order valence-electron chi connectivity index (χ4n) is 2.51. The van der Waals surface area contributed by atoms with Crippen molar-refractivity contribution < 1.29 is 4.79 Å². The van der Waals surface area contributed by atoms with E-state index in [1.807, 2.05) is 30.3 Å². The first-order valence-corrected chi connectivity index (χ1v) is 8.16. The SMILES string of the molecule is CNC(=O)Cn1c(Cc2ccccc2)nn(-c2ccccc2Cl)c1=O. The van der Waals surface area contributed by atoms with Gasteiger partial charge < -0.3 is 5.32 Å². The minimum Gasteiger partial charge on any atom is -0.358 e. The van der Waals surface area contributed by atoms with Gasteiger partial charge in [-0.25, -0.2) is 4.79 Å². The lowest BCUT2D eigenvalue weighted by Gasteiger charge is -2.04. The Labute approximate surface area is 149 Å². The van der Waals surface area contributed by atoms with Gasteiger partial charge in [-0.1, -0.05) is 54.1 Å². The molecule has 0 aliphatic heterocycles. The van der Waals surface area contributed by atoms with E-state index < -0.39 is 5.69 Å². The van der Waals surface area contributed by atoms with Crippen LogP contribution in [0.1, 0.15) is 11.4 Å². The molecule has 0 saturated heterocycles. The third-order valence-corrected chi connectivity index (χ3v) is 4.12. The molecule has 6 nitrogen and oxygen atoms in total. The minimum absolute atomic E-state index is 0.0953. The van der Waals surface area contributed by atoms with Gasteiger partial charge in [0.1, 0.15) is 12.4 Å². The summed E-state index contributed by atoms with van der Waals surface area (Å²) in [5.41, 5.74) is 1.08. The molecule has 0 aliphatic carbocycles. The summed E-state index contributed by atoms with van der Waals surface area (Å²) in [6.07, 6.45) is 0.435. The average molecular weight is 357 g/mol. The highest BCUT2D eigenvalue weighted by Crippen LogP contribution is 2.18. The number of rotatable bonds is 5. The summed E-state index contributed by atoms with van der Waals surface area (Å²) in [5, 5.41) is 7.37. The molecule has 0 radical (unpaired) electrons. The first kappa shape index (κ1) is 17.0. The maximum absolute atomic E-state index is 12.8. The Bertz CT molecular complexity index is 947. The van der Waals surface area contributed by atoms with E-state index in [0.29, 0.717) is 23.0 Å². The van der Waals surface area contributed by atoms with Gasteiger partial charge in [0.15, 0.2) is 0 Å². The van der Waals surface area contributed by atoms with Crippen LogP contribution in [-0.4, -0.2) is 27.3 Å². The lowest BCUT2D eigenvalue weighted by molar-refractivity contribution is -0.121. The topological polar surface area (TPSA) is 68.9 Å². The maximum Gasteiger partial charge on any atom is 0.351 e. The van der Waals surface area contributed by atoms with Crippen molar-refractivity contribution in [3.8, 4) is 5.69 Å². The monoisotopic (exact) mass is 356 g/mol. The van der Waals surface area contributed by atoms with Crippen LogP contribution in [0.4, 0.5) is 0 Å². The van der Waals surface area contributed by atoms with E-state index in [0.717, 1.165) is 5.56 Å². The predicted octanol–water partition coefficient (Wildman–Crippen LogP) is 2.02. The van der Waals surface area contributed by atoms with E-state index in [1.165, 1.54) is 16.3 Å². The Kier molecular flexibility index (Phi) is 5.00. The molecule has 3 aromatic rings. The van der Waals surface area contributed by atoms with Crippen molar-refractivity contribution >= 4 is 17.5 Å². The second-order valence-electron chi connectivity index (χ2n) is 5.48. The zero-order valence-electron chi connectivity index (χ0n) is 13.6. The van der Waals surface area contributed by atoms with Gasteiger partial charge >= 0.3 is 5.69 Å². The van der Waals surface area contributed by atoms with Crippen molar-refractivity contribution in [2.24, 2.45) is 0 Å². The smallest absolute Gasteiger partial charge is 0.351 e. The number of halogens is 1. The average Bonchev–Trinajstić information content (AvgIpc) is 2.92. The molecule has 1 N–H and O–H groups in total. The number of carbonyl (C=O) groups excluding carboxylic acids is 1. The Hall–Kier alpha value is -2.86. The third kappa shape index (κ3) is 3.64. The van der Waals surface area contributed by atoms with E-state index in [4.69, 9.17) is 11.6 Å². The van der Waals surface area contributed by atoms with Crippen LogP contribution in [-0.2, 0) is 17.8 Å². The molecule has 0 atom stereocenters. The maximum atomic E-state index is 12.8. The summed E-state index contributed by atoms with van der Waals surface area (Å²) < 4.78 is 2.61. The van der Waals surface area contributed by atoms with Gasteiger partial charge in [0.25, 0.3) is 0 Å². The number of nitrogens with zero attached hydrogens (tertiary/aromatic N) is 3. The van der Waals surface area contributed by atoms with Crippen LogP contribution in [0.5, 0.6) is 0 Å². The number of amides is 1. The van der Waals surface area contributed by atoms with Gasteiger partial charge in [-0.05, 0) is 17.7 Å². The van der Waals surface area contributed by atoms with Crippen LogP contribution in [0.2, 0.25) is 5.02 Å². The van der Waals surface area contributed by atoms with E-state index in [9.17, 15) is 9.59 Å². The molecule has 0 bridgehead atoms. The number of nitrogens with one attached hydrogen (secondary N) is 1. The highest BCUT2D eigenvalue weighted by atomic mass is 35.5. The molecule has 25 heavy (non-hydrogen) atoms. The van der Waals surface area contributed by atoms with Crippen LogP contribution >= 0.6 is 11.6 Å². The molecular formula is C18H17ClN4O2. The molecule has 0 fully saturated rings. The Morgan fingerprint density at radius 3 is 2.48 bits per heavy atom. The van der Waals surface area contributed by atoms with Crippen LogP contribution < -0.4 is 11.0 Å². The van der Waals surface area contributed by atoms with Crippen molar-refractivity contribution in [2.75, 3.05) is 7.05 Å². The van der Waals surface area contributed by atoms with Crippen molar-refractivity contribution in [2.45, 2.75) is 13.0 Å².